The van der Waals surface area contributed by atoms with Gasteiger partial charge in [-0.25, -0.2) is 0 Å². The summed E-state index contributed by atoms with van der Waals surface area (Å²) in [4.78, 5) is 23.9. The normalized spacial score (nSPS) is 15.7. The molecule has 24 heavy (non-hydrogen) atoms. The Hall–Kier alpha value is -2.82. The van der Waals surface area contributed by atoms with Crippen LogP contribution in [0.3, 0.4) is 0 Å². The monoisotopic (exact) mass is 324 g/mol. The lowest BCUT2D eigenvalue weighted by Gasteiger charge is -2.43. The zero-order chi connectivity index (χ0) is 16.8. The molecule has 0 bridgehead atoms. The number of carbonyl (C=O) groups excluding carboxylic acids is 2. The molecule has 0 atom stereocenters. The van der Waals surface area contributed by atoms with Crippen molar-refractivity contribution in [2.24, 2.45) is 0 Å². The van der Waals surface area contributed by atoms with Gasteiger partial charge in [0.2, 0.25) is 11.8 Å². The van der Waals surface area contributed by atoms with Crippen molar-refractivity contribution in [3.8, 4) is 0 Å². The maximum atomic E-state index is 12.2. The number of rotatable bonds is 6. The van der Waals surface area contributed by atoms with Crippen molar-refractivity contribution < 1.29 is 14.0 Å². The van der Waals surface area contributed by atoms with Crippen LogP contribution in [0.15, 0.2) is 59.2 Å². The van der Waals surface area contributed by atoms with Crippen molar-refractivity contribution in [2.75, 3.05) is 6.54 Å². The summed E-state index contributed by atoms with van der Waals surface area (Å²) in [7, 11) is 0. The van der Waals surface area contributed by atoms with E-state index in [9.17, 15) is 9.59 Å². The first kappa shape index (κ1) is 16.1. The van der Waals surface area contributed by atoms with Crippen LogP contribution in [0.4, 0.5) is 0 Å². The largest absolute Gasteiger partial charge is 0.465 e. The molecule has 1 aromatic heterocycles. The molecule has 1 aliphatic carbocycles. The standard InChI is InChI=1S/C19H20N2O3/c22-17(10-9-16-8-4-13-24-16)20-14-18(23)21-19(11-5-12-19)15-6-2-1-3-7-15/h1-4,6-10,13H,5,11-12,14H2,(H,20,22)(H,21,23)/b10-9-. The quantitative estimate of drug-likeness (QED) is 0.802. The highest BCUT2D eigenvalue weighted by molar-refractivity contribution is 5.94. The number of nitrogens with one attached hydrogen (secondary N) is 2. The van der Waals surface area contributed by atoms with Crippen LogP contribution >= 0.6 is 0 Å². The summed E-state index contributed by atoms with van der Waals surface area (Å²) in [6, 6.07) is 13.5. The molecule has 5 heteroatoms. The molecule has 1 fully saturated rings. The maximum absolute atomic E-state index is 12.2. The molecule has 2 amide bonds. The van der Waals surface area contributed by atoms with Crippen LogP contribution in [-0.4, -0.2) is 18.4 Å². The van der Waals surface area contributed by atoms with E-state index in [4.69, 9.17) is 4.42 Å². The van der Waals surface area contributed by atoms with Crippen LogP contribution in [0.5, 0.6) is 0 Å². The summed E-state index contributed by atoms with van der Waals surface area (Å²) < 4.78 is 5.10. The molecule has 2 aromatic rings. The second-order valence-electron chi connectivity index (χ2n) is 5.92. The molecule has 2 N–H and O–H groups in total. The first-order valence-corrected chi connectivity index (χ1v) is 8.04. The van der Waals surface area contributed by atoms with Crippen LogP contribution in [-0.2, 0) is 15.1 Å². The van der Waals surface area contributed by atoms with Crippen molar-refractivity contribution in [1.82, 2.24) is 10.6 Å². The van der Waals surface area contributed by atoms with E-state index in [0.29, 0.717) is 5.76 Å². The molecule has 1 aromatic carbocycles. The van der Waals surface area contributed by atoms with Gasteiger partial charge in [-0.05, 0) is 43.0 Å². The third kappa shape index (κ3) is 3.74. The molecule has 1 saturated carbocycles. The fourth-order valence-electron chi connectivity index (χ4n) is 2.85. The van der Waals surface area contributed by atoms with Gasteiger partial charge in [-0.1, -0.05) is 30.3 Å². The van der Waals surface area contributed by atoms with Crippen LogP contribution in [0, 0.1) is 0 Å². The Morgan fingerprint density at radius 3 is 2.54 bits per heavy atom. The average molecular weight is 324 g/mol. The molecule has 0 spiro atoms. The van der Waals surface area contributed by atoms with Gasteiger partial charge in [0.1, 0.15) is 5.76 Å². The molecular weight excluding hydrogens is 304 g/mol. The molecule has 0 aliphatic heterocycles. The van der Waals surface area contributed by atoms with Crippen molar-refractivity contribution in [3.05, 3.63) is 66.1 Å². The Bertz CT molecular complexity index is 716. The van der Waals surface area contributed by atoms with E-state index >= 15 is 0 Å². The van der Waals surface area contributed by atoms with E-state index < -0.39 is 0 Å². The molecular formula is C19H20N2O3. The Labute approximate surface area is 140 Å². The minimum Gasteiger partial charge on any atom is -0.465 e. The number of carbonyl (C=O) groups is 2. The van der Waals surface area contributed by atoms with Crippen molar-refractivity contribution in [3.63, 3.8) is 0 Å². The number of furan rings is 1. The van der Waals surface area contributed by atoms with Crippen molar-refractivity contribution >= 4 is 17.9 Å². The van der Waals surface area contributed by atoms with E-state index in [2.05, 4.69) is 10.6 Å². The van der Waals surface area contributed by atoms with Crippen LogP contribution in [0.1, 0.15) is 30.6 Å². The first-order chi connectivity index (χ1) is 11.7. The second kappa shape index (κ2) is 7.17. The molecule has 124 valence electrons. The van der Waals surface area contributed by atoms with Crippen molar-refractivity contribution in [1.29, 1.82) is 0 Å². The van der Waals surface area contributed by atoms with Gasteiger partial charge in [0.05, 0.1) is 18.3 Å². The Morgan fingerprint density at radius 2 is 1.92 bits per heavy atom. The summed E-state index contributed by atoms with van der Waals surface area (Å²) in [5, 5.41) is 5.66. The van der Waals surface area contributed by atoms with Gasteiger partial charge in [-0.3, -0.25) is 9.59 Å². The number of hydrogen-bond acceptors (Lipinski definition) is 3. The van der Waals surface area contributed by atoms with Crippen LogP contribution in [0.25, 0.3) is 6.08 Å². The molecule has 0 saturated heterocycles. The topological polar surface area (TPSA) is 71.3 Å². The number of hydrogen-bond donors (Lipinski definition) is 2. The summed E-state index contributed by atoms with van der Waals surface area (Å²) >= 11 is 0. The Kier molecular flexibility index (Phi) is 4.79. The maximum Gasteiger partial charge on any atom is 0.244 e. The van der Waals surface area contributed by atoms with Gasteiger partial charge in [-0.2, -0.15) is 0 Å². The van der Waals surface area contributed by atoms with E-state index in [0.717, 1.165) is 24.8 Å². The predicted molar refractivity (Wildman–Crippen MR) is 90.9 cm³/mol. The van der Waals surface area contributed by atoms with Gasteiger partial charge in [0.15, 0.2) is 0 Å². The van der Waals surface area contributed by atoms with E-state index in [-0.39, 0.29) is 23.9 Å². The van der Waals surface area contributed by atoms with E-state index in [1.54, 1.807) is 18.2 Å². The predicted octanol–water partition coefficient (Wildman–Crippen LogP) is 2.60. The number of benzene rings is 1. The third-order valence-electron chi connectivity index (χ3n) is 4.28. The highest BCUT2D eigenvalue weighted by Gasteiger charge is 2.39. The smallest absolute Gasteiger partial charge is 0.244 e. The minimum atomic E-state index is -0.330. The Balaban J connectivity index is 1.51. The molecule has 1 aliphatic rings. The molecule has 5 nitrogen and oxygen atoms in total. The van der Waals surface area contributed by atoms with E-state index in [1.165, 1.54) is 12.3 Å². The lowest BCUT2D eigenvalue weighted by molar-refractivity contribution is -0.126. The van der Waals surface area contributed by atoms with Gasteiger partial charge in [-0.15, -0.1) is 0 Å². The van der Waals surface area contributed by atoms with Crippen molar-refractivity contribution in [2.45, 2.75) is 24.8 Å². The minimum absolute atomic E-state index is 0.0457. The highest BCUT2D eigenvalue weighted by Crippen LogP contribution is 2.40. The number of amides is 2. The zero-order valence-corrected chi connectivity index (χ0v) is 13.3. The molecule has 0 unspecified atom stereocenters. The average Bonchev–Trinajstić information content (AvgIpc) is 3.08. The summed E-state index contributed by atoms with van der Waals surface area (Å²) in [5.74, 6) is 0.0781. The molecule has 1 heterocycles. The fraction of sp³-hybridized carbons (Fsp3) is 0.263. The van der Waals surface area contributed by atoms with E-state index in [1.807, 2.05) is 30.3 Å². The Morgan fingerprint density at radius 1 is 1.12 bits per heavy atom. The zero-order valence-electron chi connectivity index (χ0n) is 13.3. The van der Waals surface area contributed by atoms with Gasteiger partial charge in [0.25, 0.3) is 0 Å². The summed E-state index contributed by atoms with van der Waals surface area (Å²) in [6.45, 7) is -0.0457. The fourth-order valence-corrected chi connectivity index (χ4v) is 2.85. The van der Waals surface area contributed by atoms with Gasteiger partial charge in [0, 0.05) is 6.08 Å². The lowest BCUT2D eigenvalue weighted by Crippen LogP contribution is -2.53. The molecule has 0 radical (unpaired) electrons. The molecule has 3 rings (SSSR count). The van der Waals surface area contributed by atoms with Gasteiger partial charge < -0.3 is 15.1 Å². The van der Waals surface area contributed by atoms with Gasteiger partial charge >= 0.3 is 0 Å². The van der Waals surface area contributed by atoms with Crippen LogP contribution < -0.4 is 10.6 Å². The summed E-state index contributed by atoms with van der Waals surface area (Å²) in [6.07, 6.45) is 7.39. The summed E-state index contributed by atoms with van der Waals surface area (Å²) in [5.41, 5.74) is 0.834. The lowest BCUT2D eigenvalue weighted by atomic mass is 9.72. The highest BCUT2D eigenvalue weighted by atomic mass is 16.3. The first-order valence-electron chi connectivity index (χ1n) is 8.04. The SMILES string of the molecule is O=C(/C=C\c1ccco1)NCC(=O)NC1(c2ccccc2)CCC1. The second-order valence-corrected chi connectivity index (χ2v) is 5.92. The van der Waals surface area contributed by atoms with Crippen LogP contribution in [0.2, 0.25) is 0 Å². The third-order valence-corrected chi connectivity index (χ3v) is 4.28.